The Hall–Kier alpha value is -2.67. The van der Waals surface area contributed by atoms with Crippen LogP contribution in [0.2, 0.25) is 0 Å². The average molecular weight is 429 g/mol. The summed E-state index contributed by atoms with van der Waals surface area (Å²) in [6, 6.07) is 12.4. The molecule has 2 aromatic carbocycles. The molecule has 0 saturated carbocycles. The summed E-state index contributed by atoms with van der Waals surface area (Å²) in [5.41, 5.74) is 3.40. The third-order valence-electron chi connectivity index (χ3n) is 5.41. The standard InChI is InChI=1S/C23H28N2O4S/c1-4-17-7-6-8-19(14-17)24-22(26)11-12-30(28,29)20-9-10-21-18(15-20)13-16(3)25(21)23(27)5-2/h6-10,14-16H,4-5,11-13H2,1-3H3,(H,24,26)/t16-/m0/s1. The van der Waals surface area contributed by atoms with E-state index in [0.717, 1.165) is 23.2 Å². The zero-order chi connectivity index (χ0) is 21.9. The highest BCUT2D eigenvalue weighted by molar-refractivity contribution is 7.91. The summed E-state index contributed by atoms with van der Waals surface area (Å²) in [6.45, 7) is 5.80. The SMILES string of the molecule is CCC(=O)N1c2ccc(S(=O)(=O)CCC(=O)Nc3cccc(CC)c3)cc2C[C@@H]1C. The van der Waals surface area contributed by atoms with Gasteiger partial charge in [0.2, 0.25) is 11.8 Å². The van der Waals surface area contributed by atoms with Gasteiger partial charge in [-0.25, -0.2) is 8.42 Å². The van der Waals surface area contributed by atoms with Crippen molar-refractivity contribution >= 4 is 33.0 Å². The number of nitrogens with one attached hydrogen (secondary N) is 1. The Kier molecular flexibility index (Phi) is 6.61. The lowest BCUT2D eigenvalue weighted by molar-refractivity contribution is -0.118. The van der Waals surface area contributed by atoms with Crippen LogP contribution in [0.1, 0.15) is 44.7 Å². The Bertz CT molecular complexity index is 1060. The monoisotopic (exact) mass is 428 g/mol. The van der Waals surface area contributed by atoms with Crippen molar-refractivity contribution in [1.82, 2.24) is 0 Å². The molecule has 2 aromatic rings. The highest BCUT2D eigenvalue weighted by atomic mass is 32.2. The molecule has 0 aromatic heterocycles. The zero-order valence-electron chi connectivity index (χ0n) is 17.6. The van der Waals surface area contributed by atoms with Crippen molar-refractivity contribution in [3.8, 4) is 0 Å². The molecule has 0 spiro atoms. The number of hydrogen-bond acceptors (Lipinski definition) is 4. The first-order chi connectivity index (χ1) is 14.2. The van der Waals surface area contributed by atoms with Crippen molar-refractivity contribution in [2.24, 2.45) is 0 Å². The van der Waals surface area contributed by atoms with E-state index in [4.69, 9.17) is 0 Å². The summed E-state index contributed by atoms with van der Waals surface area (Å²) < 4.78 is 25.6. The fourth-order valence-corrected chi connectivity index (χ4v) is 5.08. The van der Waals surface area contributed by atoms with Gasteiger partial charge in [-0.05, 0) is 61.2 Å². The van der Waals surface area contributed by atoms with Gasteiger partial charge in [-0.1, -0.05) is 26.0 Å². The van der Waals surface area contributed by atoms with Crippen LogP contribution in [-0.2, 0) is 32.3 Å². The molecule has 6 nitrogen and oxygen atoms in total. The first kappa shape index (κ1) is 22.0. The topological polar surface area (TPSA) is 83.6 Å². The summed E-state index contributed by atoms with van der Waals surface area (Å²) in [6.07, 6.45) is 1.77. The fraction of sp³-hybridized carbons (Fsp3) is 0.391. The second-order valence-electron chi connectivity index (χ2n) is 7.63. The maximum absolute atomic E-state index is 12.8. The van der Waals surface area contributed by atoms with E-state index in [9.17, 15) is 18.0 Å². The number of hydrogen-bond donors (Lipinski definition) is 1. The number of sulfone groups is 1. The van der Waals surface area contributed by atoms with E-state index in [2.05, 4.69) is 5.32 Å². The highest BCUT2D eigenvalue weighted by Crippen LogP contribution is 2.34. The molecule has 0 fully saturated rings. The molecule has 1 atom stereocenters. The number of carbonyl (C=O) groups is 2. The van der Waals surface area contributed by atoms with E-state index < -0.39 is 9.84 Å². The summed E-state index contributed by atoms with van der Waals surface area (Å²) in [4.78, 5) is 26.4. The van der Waals surface area contributed by atoms with Crippen molar-refractivity contribution in [2.45, 2.75) is 57.4 Å². The Morgan fingerprint density at radius 2 is 1.90 bits per heavy atom. The minimum absolute atomic E-state index is 0.00932. The average Bonchev–Trinajstić information content (AvgIpc) is 3.06. The Balaban J connectivity index is 1.68. The molecular weight excluding hydrogens is 400 g/mol. The van der Waals surface area contributed by atoms with Crippen LogP contribution < -0.4 is 10.2 Å². The Morgan fingerprint density at radius 1 is 1.13 bits per heavy atom. The summed E-state index contributed by atoms with van der Waals surface area (Å²) in [7, 11) is -3.61. The molecule has 3 rings (SSSR count). The van der Waals surface area contributed by atoms with Gasteiger partial charge in [0.25, 0.3) is 0 Å². The van der Waals surface area contributed by atoms with Crippen LogP contribution in [0.5, 0.6) is 0 Å². The van der Waals surface area contributed by atoms with Gasteiger partial charge in [-0.3, -0.25) is 9.59 Å². The van der Waals surface area contributed by atoms with Crippen molar-refractivity contribution < 1.29 is 18.0 Å². The maximum Gasteiger partial charge on any atom is 0.226 e. The molecule has 160 valence electrons. The minimum Gasteiger partial charge on any atom is -0.326 e. The molecule has 0 radical (unpaired) electrons. The lowest BCUT2D eigenvalue weighted by atomic mass is 10.1. The van der Waals surface area contributed by atoms with Crippen LogP contribution in [0.15, 0.2) is 47.4 Å². The summed E-state index contributed by atoms with van der Waals surface area (Å²) in [5.74, 6) is -0.569. The van der Waals surface area contributed by atoms with E-state index in [-0.39, 0.29) is 34.9 Å². The van der Waals surface area contributed by atoms with Crippen LogP contribution >= 0.6 is 0 Å². The van der Waals surface area contributed by atoms with Crippen LogP contribution in [0.25, 0.3) is 0 Å². The zero-order valence-corrected chi connectivity index (χ0v) is 18.5. The van der Waals surface area contributed by atoms with Crippen LogP contribution in [-0.4, -0.2) is 32.0 Å². The van der Waals surface area contributed by atoms with Crippen molar-refractivity contribution in [1.29, 1.82) is 0 Å². The van der Waals surface area contributed by atoms with Gasteiger partial charge in [0, 0.05) is 30.3 Å². The van der Waals surface area contributed by atoms with Gasteiger partial charge in [0.15, 0.2) is 9.84 Å². The van der Waals surface area contributed by atoms with Gasteiger partial charge >= 0.3 is 0 Å². The number of rotatable bonds is 7. The van der Waals surface area contributed by atoms with E-state index in [1.54, 1.807) is 23.1 Å². The quantitative estimate of drug-likeness (QED) is 0.728. The highest BCUT2D eigenvalue weighted by Gasteiger charge is 2.31. The minimum atomic E-state index is -3.61. The molecule has 0 bridgehead atoms. The van der Waals surface area contributed by atoms with E-state index in [0.29, 0.717) is 18.5 Å². The molecular formula is C23H28N2O4S. The van der Waals surface area contributed by atoms with Gasteiger partial charge in [0.05, 0.1) is 10.6 Å². The Morgan fingerprint density at radius 3 is 2.60 bits per heavy atom. The number of anilines is 2. The molecule has 1 heterocycles. The van der Waals surface area contributed by atoms with Gasteiger partial charge < -0.3 is 10.2 Å². The lowest BCUT2D eigenvalue weighted by Crippen LogP contribution is -2.35. The molecule has 7 heteroatoms. The number of aryl methyl sites for hydroxylation is 1. The fourth-order valence-electron chi connectivity index (χ4n) is 3.79. The van der Waals surface area contributed by atoms with Gasteiger partial charge in [-0.2, -0.15) is 0 Å². The molecule has 0 aliphatic carbocycles. The number of nitrogens with zero attached hydrogens (tertiary/aromatic N) is 1. The number of fused-ring (bicyclic) bond motifs is 1. The molecule has 1 N–H and O–H groups in total. The predicted octanol–water partition coefficient (Wildman–Crippen LogP) is 3.74. The first-order valence-electron chi connectivity index (χ1n) is 10.3. The predicted molar refractivity (Wildman–Crippen MR) is 119 cm³/mol. The lowest BCUT2D eigenvalue weighted by Gasteiger charge is -2.22. The van der Waals surface area contributed by atoms with Gasteiger partial charge in [0.1, 0.15) is 0 Å². The van der Waals surface area contributed by atoms with Gasteiger partial charge in [-0.15, -0.1) is 0 Å². The molecule has 1 aliphatic heterocycles. The second kappa shape index (κ2) is 9.00. The molecule has 0 saturated heterocycles. The van der Waals surface area contributed by atoms with Crippen molar-refractivity contribution in [2.75, 3.05) is 16.0 Å². The van der Waals surface area contributed by atoms with Crippen LogP contribution in [0, 0.1) is 0 Å². The molecule has 30 heavy (non-hydrogen) atoms. The van der Waals surface area contributed by atoms with Crippen LogP contribution in [0.3, 0.4) is 0 Å². The van der Waals surface area contributed by atoms with E-state index in [1.807, 2.05) is 39.0 Å². The molecule has 2 amide bonds. The van der Waals surface area contributed by atoms with Crippen LogP contribution in [0.4, 0.5) is 11.4 Å². The second-order valence-corrected chi connectivity index (χ2v) is 9.74. The molecule has 1 aliphatic rings. The normalized spacial score (nSPS) is 15.7. The number of carbonyl (C=O) groups excluding carboxylic acids is 2. The molecule has 0 unspecified atom stereocenters. The first-order valence-corrected chi connectivity index (χ1v) is 12.0. The number of benzene rings is 2. The van der Waals surface area contributed by atoms with Crippen molar-refractivity contribution in [3.05, 3.63) is 53.6 Å². The maximum atomic E-state index is 12.8. The number of amides is 2. The largest absolute Gasteiger partial charge is 0.326 e. The smallest absolute Gasteiger partial charge is 0.226 e. The summed E-state index contributed by atoms with van der Waals surface area (Å²) >= 11 is 0. The van der Waals surface area contributed by atoms with E-state index in [1.165, 1.54) is 6.07 Å². The third kappa shape index (κ3) is 4.73. The third-order valence-corrected chi connectivity index (χ3v) is 7.13. The summed E-state index contributed by atoms with van der Waals surface area (Å²) in [5, 5.41) is 2.77. The van der Waals surface area contributed by atoms with Crippen molar-refractivity contribution in [3.63, 3.8) is 0 Å². The Labute approximate surface area is 178 Å². The van der Waals surface area contributed by atoms with E-state index >= 15 is 0 Å².